The molecule has 0 bridgehead atoms. The molecule has 9 rings (SSSR count). The number of para-hydroxylation sites is 2. The van der Waals surface area contributed by atoms with E-state index in [2.05, 4.69) is 144 Å². The van der Waals surface area contributed by atoms with Gasteiger partial charge in [0.15, 0.2) is 11.5 Å². The van der Waals surface area contributed by atoms with E-state index < -0.39 is 0 Å². The summed E-state index contributed by atoms with van der Waals surface area (Å²) in [6.07, 6.45) is 0. The van der Waals surface area contributed by atoms with Crippen LogP contribution in [0, 0.1) is 13.8 Å². The Morgan fingerprint density at radius 3 is 1.88 bits per heavy atom. The second-order valence-corrected chi connectivity index (χ2v) is 11.2. The van der Waals surface area contributed by atoms with Gasteiger partial charge >= 0.3 is 0 Å². The molecule has 0 amide bonds. The quantitative estimate of drug-likeness (QED) is 0.219. The summed E-state index contributed by atoms with van der Waals surface area (Å²) in [4.78, 5) is 0. The Hall–Kier alpha value is -5.28. The predicted octanol–water partition coefficient (Wildman–Crippen LogP) is 10.3. The molecular formula is C38H26N2O. The van der Waals surface area contributed by atoms with Gasteiger partial charge in [-0.3, -0.25) is 0 Å². The number of benzene rings is 6. The van der Waals surface area contributed by atoms with Gasteiger partial charge in [-0.2, -0.15) is 0 Å². The highest BCUT2D eigenvalue weighted by Crippen LogP contribution is 2.46. The third-order valence-corrected chi connectivity index (χ3v) is 8.61. The molecule has 0 unspecified atom stereocenters. The molecule has 41 heavy (non-hydrogen) atoms. The van der Waals surface area contributed by atoms with E-state index in [0.717, 1.165) is 39.5 Å². The average molecular weight is 527 g/mol. The Morgan fingerprint density at radius 2 is 1.12 bits per heavy atom. The van der Waals surface area contributed by atoms with Crippen LogP contribution in [-0.4, -0.2) is 9.13 Å². The van der Waals surface area contributed by atoms with Crippen molar-refractivity contribution in [2.75, 3.05) is 0 Å². The normalized spacial score (nSPS) is 12.3. The molecule has 2 aromatic heterocycles. The van der Waals surface area contributed by atoms with E-state index in [-0.39, 0.29) is 0 Å². The van der Waals surface area contributed by atoms with Crippen LogP contribution in [0.5, 0.6) is 11.5 Å². The molecule has 3 heterocycles. The van der Waals surface area contributed by atoms with Crippen molar-refractivity contribution >= 4 is 43.6 Å². The van der Waals surface area contributed by atoms with Crippen molar-refractivity contribution in [2.24, 2.45) is 0 Å². The van der Waals surface area contributed by atoms with Gasteiger partial charge in [0.1, 0.15) is 0 Å². The minimum Gasteiger partial charge on any atom is -0.453 e. The zero-order valence-corrected chi connectivity index (χ0v) is 22.8. The molecule has 194 valence electrons. The molecule has 1 aliphatic heterocycles. The van der Waals surface area contributed by atoms with Crippen LogP contribution in [0.1, 0.15) is 11.1 Å². The fourth-order valence-corrected chi connectivity index (χ4v) is 6.73. The van der Waals surface area contributed by atoms with E-state index in [0.29, 0.717) is 0 Å². The number of ether oxygens (including phenoxy) is 1. The lowest BCUT2D eigenvalue weighted by Crippen LogP contribution is -2.04. The highest BCUT2D eigenvalue weighted by molar-refractivity contribution is 6.12. The van der Waals surface area contributed by atoms with Gasteiger partial charge in [-0.05, 0) is 85.6 Å². The van der Waals surface area contributed by atoms with E-state index in [1.807, 2.05) is 0 Å². The van der Waals surface area contributed by atoms with Crippen molar-refractivity contribution in [1.82, 2.24) is 9.13 Å². The second-order valence-electron chi connectivity index (χ2n) is 11.2. The van der Waals surface area contributed by atoms with Crippen LogP contribution in [-0.2, 0) is 0 Å². The Bertz CT molecular complexity index is 2290. The molecule has 8 aromatic rings. The van der Waals surface area contributed by atoms with Crippen molar-refractivity contribution in [3.63, 3.8) is 0 Å². The highest BCUT2D eigenvalue weighted by atomic mass is 16.5. The summed E-state index contributed by atoms with van der Waals surface area (Å²) in [6, 6.07) is 43.9. The molecular weight excluding hydrogens is 500 g/mol. The molecule has 0 radical (unpaired) electrons. The molecule has 0 fully saturated rings. The largest absolute Gasteiger partial charge is 0.453 e. The van der Waals surface area contributed by atoms with Crippen LogP contribution in [0.15, 0.2) is 121 Å². The molecule has 0 atom stereocenters. The molecule has 3 heteroatoms. The van der Waals surface area contributed by atoms with Gasteiger partial charge in [0.05, 0.1) is 27.8 Å². The molecule has 6 aromatic carbocycles. The Morgan fingerprint density at radius 1 is 0.463 bits per heavy atom. The summed E-state index contributed by atoms with van der Waals surface area (Å²) < 4.78 is 11.2. The minimum absolute atomic E-state index is 0.876. The monoisotopic (exact) mass is 526 g/mol. The maximum atomic E-state index is 6.51. The maximum Gasteiger partial charge on any atom is 0.152 e. The first-order valence-electron chi connectivity index (χ1n) is 14.1. The molecule has 0 saturated heterocycles. The lowest BCUT2D eigenvalue weighted by atomic mass is 10.0. The highest BCUT2D eigenvalue weighted by Gasteiger charge is 2.23. The van der Waals surface area contributed by atoms with E-state index in [1.54, 1.807) is 0 Å². The third kappa shape index (κ3) is 3.14. The third-order valence-electron chi connectivity index (χ3n) is 8.61. The average Bonchev–Trinajstić information content (AvgIpc) is 3.51. The molecule has 3 nitrogen and oxygen atoms in total. The van der Waals surface area contributed by atoms with Crippen molar-refractivity contribution in [3.05, 3.63) is 132 Å². The minimum atomic E-state index is 0.876. The van der Waals surface area contributed by atoms with Gasteiger partial charge in [0, 0.05) is 27.2 Å². The summed E-state index contributed by atoms with van der Waals surface area (Å²) in [5.74, 6) is 1.77. The lowest BCUT2D eigenvalue weighted by Gasteiger charge is -2.21. The van der Waals surface area contributed by atoms with E-state index in [9.17, 15) is 0 Å². The van der Waals surface area contributed by atoms with Gasteiger partial charge in [-0.15, -0.1) is 0 Å². The van der Waals surface area contributed by atoms with Crippen LogP contribution in [0.3, 0.4) is 0 Å². The standard InChI is InChI=1S/C38H26N2O/c1-23-10-17-33-30(20-23)31-21-24(2)11-18-34(31)39(33)27-15-12-25(13-16-27)26-14-19-35-37(22-26)41-36-9-5-7-29-28-6-3-4-8-32(28)40(35)38(29)36/h3-22H,1-2H3. The summed E-state index contributed by atoms with van der Waals surface area (Å²) in [5, 5.41) is 5.06. The number of fused-ring (bicyclic) bond motifs is 8. The Kier molecular flexibility index (Phi) is 4.46. The molecule has 1 aliphatic rings. The van der Waals surface area contributed by atoms with E-state index in [4.69, 9.17) is 4.74 Å². The van der Waals surface area contributed by atoms with Crippen molar-refractivity contribution in [2.45, 2.75) is 13.8 Å². The maximum absolute atomic E-state index is 6.51. The summed E-state index contributed by atoms with van der Waals surface area (Å²) >= 11 is 0. The van der Waals surface area contributed by atoms with Crippen LogP contribution in [0.25, 0.3) is 66.1 Å². The number of aromatic nitrogens is 2. The van der Waals surface area contributed by atoms with Crippen LogP contribution in [0.4, 0.5) is 0 Å². The molecule has 0 spiro atoms. The van der Waals surface area contributed by atoms with E-state index in [1.165, 1.54) is 49.2 Å². The summed E-state index contributed by atoms with van der Waals surface area (Å²) in [5.41, 5.74) is 11.9. The van der Waals surface area contributed by atoms with Gasteiger partial charge in [-0.25, -0.2) is 0 Å². The second kappa shape index (κ2) is 8.12. The van der Waals surface area contributed by atoms with Crippen molar-refractivity contribution < 1.29 is 4.74 Å². The first-order chi connectivity index (χ1) is 20.1. The SMILES string of the molecule is Cc1ccc2c(c1)c1cc(C)ccc1n2-c1ccc(-c2ccc3c(c2)Oc2cccc4c5ccccc5n-3c24)cc1. The molecule has 0 aliphatic carbocycles. The predicted molar refractivity (Wildman–Crippen MR) is 170 cm³/mol. The van der Waals surface area contributed by atoms with Gasteiger partial charge in [-0.1, -0.05) is 71.8 Å². The van der Waals surface area contributed by atoms with Crippen LogP contribution >= 0.6 is 0 Å². The van der Waals surface area contributed by atoms with E-state index >= 15 is 0 Å². The Labute approximate surface area is 237 Å². The number of nitrogens with zero attached hydrogens (tertiary/aromatic N) is 2. The smallest absolute Gasteiger partial charge is 0.152 e. The zero-order valence-electron chi connectivity index (χ0n) is 22.8. The fourth-order valence-electron chi connectivity index (χ4n) is 6.73. The fraction of sp³-hybridized carbons (Fsp3) is 0.0526. The first kappa shape index (κ1) is 22.5. The van der Waals surface area contributed by atoms with Gasteiger partial charge in [0.2, 0.25) is 0 Å². The first-order valence-corrected chi connectivity index (χ1v) is 14.1. The van der Waals surface area contributed by atoms with Crippen molar-refractivity contribution in [3.8, 4) is 34.0 Å². The summed E-state index contributed by atoms with van der Waals surface area (Å²) in [6.45, 7) is 4.32. The molecule has 0 saturated carbocycles. The van der Waals surface area contributed by atoms with Crippen LogP contribution < -0.4 is 4.74 Å². The van der Waals surface area contributed by atoms with Gasteiger partial charge in [0.25, 0.3) is 0 Å². The molecule has 0 N–H and O–H groups in total. The Balaban J connectivity index is 1.17. The number of hydrogen-bond acceptors (Lipinski definition) is 1. The number of rotatable bonds is 2. The lowest BCUT2D eigenvalue weighted by molar-refractivity contribution is 0.476. The topological polar surface area (TPSA) is 19.1 Å². The van der Waals surface area contributed by atoms with Crippen molar-refractivity contribution in [1.29, 1.82) is 0 Å². The summed E-state index contributed by atoms with van der Waals surface area (Å²) in [7, 11) is 0. The number of hydrogen-bond donors (Lipinski definition) is 0. The van der Waals surface area contributed by atoms with Crippen LogP contribution in [0.2, 0.25) is 0 Å². The number of aryl methyl sites for hydroxylation is 2. The zero-order chi connectivity index (χ0) is 27.2. The van der Waals surface area contributed by atoms with Gasteiger partial charge < -0.3 is 13.9 Å².